The Bertz CT molecular complexity index is 505. The summed E-state index contributed by atoms with van der Waals surface area (Å²) in [5.74, 6) is -0.850. The Labute approximate surface area is 117 Å². The van der Waals surface area contributed by atoms with Crippen molar-refractivity contribution in [3.05, 3.63) is 29.3 Å². The van der Waals surface area contributed by atoms with Crippen molar-refractivity contribution in [3.8, 4) is 5.75 Å². The molecule has 0 aliphatic heterocycles. The lowest BCUT2D eigenvalue weighted by atomic mass is 10.1. The Kier molecular flexibility index (Phi) is 4.96. The highest BCUT2D eigenvalue weighted by Gasteiger charge is 2.18. The van der Waals surface area contributed by atoms with Gasteiger partial charge in [-0.2, -0.15) is 0 Å². The van der Waals surface area contributed by atoms with Gasteiger partial charge in [0.2, 0.25) is 0 Å². The van der Waals surface area contributed by atoms with Gasteiger partial charge in [-0.15, -0.1) is 0 Å². The molecule has 1 aromatic rings. The van der Waals surface area contributed by atoms with Crippen LogP contribution in [-0.4, -0.2) is 29.9 Å². The minimum Gasteiger partial charge on any atom is -0.495 e. The number of hydrogen-bond acceptors (Lipinski definition) is 4. The minimum absolute atomic E-state index is 0.0518. The number of carbonyl (C=O) groups excluding carboxylic acids is 1. The lowest BCUT2D eigenvalue weighted by Gasteiger charge is -2.20. The van der Waals surface area contributed by atoms with E-state index in [1.54, 1.807) is 32.9 Å². The number of benzene rings is 1. The van der Waals surface area contributed by atoms with Gasteiger partial charge in [0.05, 0.1) is 7.11 Å². The van der Waals surface area contributed by atoms with Gasteiger partial charge in [-0.25, -0.2) is 9.59 Å². The summed E-state index contributed by atoms with van der Waals surface area (Å²) in [5.41, 5.74) is 0.0334. The first-order chi connectivity index (χ1) is 9.24. The van der Waals surface area contributed by atoms with Crippen molar-refractivity contribution >= 4 is 12.1 Å². The van der Waals surface area contributed by atoms with Crippen molar-refractivity contribution in [2.45, 2.75) is 32.9 Å². The van der Waals surface area contributed by atoms with Gasteiger partial charge in [0.25, 0.3) is 0 Å². The van der Waals surface area contributed by atoms with Gasteiger partial charge in [0.1, 0.15) is 16.9 Å². The second kappa shape index (κ2) is 6.27. The fourth-order valence-electron chi connectivity index (χ4n) is 1.62. The van der Waals surface area contributed by atoms with E-state index in [4.69, 9.17) is 14.6 Å². The maximum absolute atomic E-state index is 11.6. The molecular formula is C14H19NO5. The van der Waals surface area contributed by atoms with Crippen molar-refractivity contribution in [2.75, 3.05) is 7.11 Å². The molecule has 1 amide bonds. The van der Waals surface area contributed by atoms with Crippen molar-refractivity contribution in [2.24, 2.45) is 0 Å². The molecule has 0 radical (unpaired) electrons. The van der Waals surface area contributed by atoms with Gasteiger partial charge in [-0.3, -0.25) is 0 Å². The fourth-order valence-corrected chi connectivity index (χ4v) is 1.62. The third-order valence-electron chi connectivity index (χ3n) is 2.35. The molecule has 1 aromatic carbocycles. The number of rotatable bonds is 4. The summed E-state index contributed by atoms with van der Waals surface area (Å²) in [4.78, 5) is 22.6. The topological polar surface area (TPSA) is 84.9 Å². The molecule has 0 saturated heterocycles. The third-order valence-corrected chi connectivity index (χ3v) is 2.35. The zero-order chi connectivity index (χ0) is 15.3. The first kappa shape index (κ1) is 15.8. The van der Waals surface area contributed by atoms with Crippen molar-refractivity contribution < 1.29 is 24.2 Å². The molecule has 6 nitrogen and oxygen atoms in total. The zero-order valence-electron chi connectivity index (χ0n) is 12.0. The van der Waals surface area contributed by atoms with Crippen LogP contribution in [0.4, 0.5) is 4.79 Å². The van der Waals surface area contributed by atoms with Gasteiger partial charge < -0.3 is 19.9 Å². The maximum atomic E-state index is 11.6. The van der Waals surface area contributed by atoms with E-state index in [9.17, 15) is 9.59 Å². The van der Waals surface area contributed by atoms with Crippen LogP contribution in [0, 0.1) is 0 Å². The lowest BCUT2D eigenvalue weighted by Crippen LogP contribution is -2.32. The van der Waals surface area contributed by atoms with E-state index in [1.165, 1.54) is 13.2 Å². The number of para-hydroxylation sites is 1. The van der Waals surface area contributed by atoms with Crippen molar-refractivity contribution in [3.63, 3.8) is 0 Å². The predicted molar refractivity (Wildman–Crippen MR) is 73.0 cm³/mol. The Hall–Kier alpha value is -2.24. The monoisotopic (exact) mass is 281 g/mol. The van der Waals surface area contributed by atoms with E-state index in [2.05, 4.69) is 5.32 Å². The van der Waals surface area contributed by atoms with Crippen LogP contribution in [0.5, 0.6) is 5.75 Å². The zero-order valence-corrected chi connectivity index (χ0v) is 12.0. The molecule has 2 N–H and O–H groups in total. The molecule has 0 heterocycles. The number of aromatic carboxylic acids is 1. The van der Waals surface area contributed by atoms with Crippen LogP contribution >= 0.6 is 0 Å². The lowest BCUT2D eigenvalue weighted by molar-refractivity contribution is 0.0523. The number of methoxy groups -OCH3 is 1. The summed E-state index contributed by atoms with van der Waals surface area (Å²) in [6.07, 6.45) is -0.569. The summed E-state index contributed by atoms with van der Waals surface area (Å²) in [6, 6.07) is 4.72. The molecule has 0 fully saturated rings. The average molecular weight is 281 g/mol. The van der Waals surface area contributed by atoms with E-state index < -0.39 is 17.7 Å². The highest BCUT2D eigenvalue weighted by atomic mass is 16.6. The normalized spacial score (nSPS) is 10.8. The predicted octanol–water partition coefficient (Wildman–Crippen LogP) is 2.42. The standard InChI is InChI=1S/C14H19NO5/c1-14(2,3)20-13(18)15-8-9-6-5-7-10(12(16)17)11(9)19-4/h5-7H,8H2,1-4H3,(H,15,18)(H,16,17). The minimum atomic E-state index is -1.08. The number of nitrogens with one attached hydrogen (secondary N) is 1. The molecule has 0 spiro atoms. The summed E-state index contributed by atoms with van der Waals surface area (Å²) in [7, 11) is 1.39. The second-order valence-corrected chi connectivity index (χ2v) is 5.16. The van der Waals surface area contributed by atoms with Crippen LogP contribution in [0.25, 0.3) is 0 Å². The number of alkyl carbamates (subject to hydrolysis) is 1. The van der Waals surface area contributed by atoms with E-state index in [0.29, 0.717) is 5.56 Å². The van der Waals surface area contributed by atoms with E-state index in [1.807, 2.05) is 0 Å². The SMILES string of the molecule is COc1c(CNC(=O)OC(C)(C)C)cccc1C(=O)O. The first-order valence-electron chi connectivity index (χ1n) is 6.10. The van der Waals surface area contributed by atoms with E-state index >= 15 is 0 Å². The highest BCUT2D eigenvalue weighted by Crippen LogP contribution is 2.23. The Morgan fingerprint density at radius 1 is 1.30 bits per heavy atom. The number of carboxylic acids is 1. The molecule has 1 rings (SSSR count). The van der Waals surface area contributed by atoms with Crippen LogP contribution in [-0.2, 0) is 11.3 Å². The number of carboxylic acid groups (broad SMARTS) is 1. The Balaban J connectivity index is 2.81. The Morgan fingerprint density at radius 2 is 1.95 bits per heavy atom. The summed E-state index contributed by atoms with van der Waals surface area (Å²) >= 11 is 0. The van der Waals surface area contributed by atoms with Gasteiger partial charge in [-0.1, -0.05) is 12.1 Å². The van der Waals surface area contributed by atoms with Gasteiger partial charge in [0.15, 0.2) is 0 Å². The number of carbonyl (C=O) groups is 2. The van der Waals surface area contributed by atoms with Gasteiger partial charge >= 0.3 is 12.1 Å². The Morgan fingerprint density at radius 3 is 2.45 bits per heavy atom. The molecule has 0 saturated carbocycles. The number of amides is 1. The molecule has 0 bridgehead atoms. The second-order valence-electron chi connectivity index (χ2n) is 5.16. The van der Waals surface area contributed by atoms with Crippen molar-refractivity contribution in [1.82, 2.24) is 5.32 Å². The number of hydrogen-bond donors (Lipinski definition) is 2. The molecule has 0 aromatic heterocycles. The van der Waals surface area contributed by atoms with Crippen LogP contribution in [0.3, 0.4) is 0 Å². The maximum Gasteiger partial charge on any atom is 0.407 e. The summed E-state index contributed by atoms with van der Waals surface area (Å²) < 4.78 is 10.2. The molecule has 0 aliphatic carbocycles. The van der Waals surface area contributed by atoms with E-state index in [-0.39, 0.29) is 17.9 Å². The highest BCUT2D eigenvalue weighted by molar-refractivity contribution is 5.91. The molecule has 6 heteroatoms. The first-order valence-corrected chi connectivity index (χ1v) is 6.10. The molecule has 0 aliphatic rings. The van der Waals surface area contributed by atoms with E-state index in [0.717, 1.165) is 0 Å². The number of ether oxygens (including phenoxy) is 2. The third kappa shape index (κ3) is 4.46. The fraction of sp³-hybridized carbons (Fsp3) is 0.429. The van der Waals surface area contributed by atoms with Crippen LogP contribution in [0.1, 0.15) is 36.7 Å². The van der Waals surface area contributed by atoms with Crippen LogP contribution < -0.4 is 10.1 Å². The summed E-state index contributed by atoms with van der Waals surface area (Å²) in [6.45, 7) is 5.41. The van der Waals surface area contributed by atoms with Crippen molar-refractivity contribution in [1.29, 1.82) is 0 Å². The molecule has 0 unspecified atom stereocenters. The van der Waals surface area contributed by atoms with Gasteiger partial charge in [0, 0.05) is 12.1 Å². The summed E-state index contributed by atoms with van der Waals surface area (Å²) in [5, 5.41) is 11.6. The largest absolute Gasteiger partial charge is 0.495 e. The molecule has 20 heavy (non-hydrogen) atoms. The quantitative estimate of drug-likeness (QED) is 0.885. The van der Waals surface area contributed by atoms with Gasteiger partial charge in [-0.05, 0) is 26.8 Å². The van der Waals surface area contributed by atoms with Crippen LogP contribution in [0.2, 0.25) is 0 Å². The molecule has 0 atom stereocenters. The smallest absolute Gasteiger partial charge is 0.407 e. The average Bonchev–Trinajstić information content (AvgIpc) is 2.33. The molecular weight excluding hydrogens is 262 g/mol. The van der Waals surface area contributed by atoms with Crippen LogP contribution in [0.15, 0.2) is 18.2 Å². The molecule has 110 valence electrons.